The summed E-state index contributed by atoms with van der Waals surface area (Å²) in [5.41, 5.74) is 0.924. The Balaban J connectivity index is 2.50. The van der Waals surface area contributed by atoms with Crippen molar-refractivity contribution in [1.82, 2.24) is 10.2 Å². The summed E-state index contributed by atoms with van der Waals surface area (Å²) in [6.45, 7) is 2.94. The molecule has 0 aliphatic rings. The second kappa shape index (κ2) is 2.35. The van der Waals surface area contributed by atoms with Gasteiger partial charge in [-0.1, -0.05) is 0 Å². The predicted molar refractivity (Wildman–Crippen MR) is 31.6 cm³/mol. The Labute approximate surface area is 48.1 Å². The van der Waals surface area contributed by atoms with E-state index in [-0.39, 0.29) is 0 Å². The second-order valence-electron chi connectivity index (χ2n) is 1.44. The Bertz CT molecular complexity index is 133. The van der Waals surface area contributed by atoms with Gasteiger partial charge in [0, 0.05) is 12.7 Å². The lowest BCUT2D eigenvalue weighted by Gasteiger charge is -1.91. The Kier molecular flexibility index (Phi) is 1.51. The van der Waals surface area contributed by atoms with Gasteiger partial charge in [0.1, 0.15) is 6.20 Å². The van der Waals surface area contributed by atoms with Gasteiger partial charge in [0.15, 0.2) is 0 Å². The lowest BCUT2D eigenvalue weighted by atomic mass is 10.5. The van der Waals surface area contributed by atoms with Gasteiger partial charge in [-0.3, -0.25) is 5.10 Å². The number of nitrogens with one attached hydrogen (secondary N) is 2. The Hall–Kier alpha value is -0.990. The molecule has 0 saturated carbocycles. The fourth-order valence-corrected chi connectivity index (χ4v) is 0.503. The van der Waals surface area contributed by atoms with E-state index in [4.69, 9.17) is 0 Å². The molecule has 0 amide bonds. The molecule has 0 aliphatic carbocycles. The van der Waals surface area contributed by atoms with Crippen molar-refractivity contribution in [2.45, 2.75) is 6.92 Å². The summed E-state index contributed by atoms with van der Waals surface area (Å²) in [6, 6.07) is 0. The molecule has 1 aromatic rings. The SMILES string of the molecule is CCNc1[c]n[nH]c1. The largest absolute Gasteiger partial charge is 0.382 e. The van der Waals surface area contributed by atoms with E-state index in [1.807, 2.05) is 6.92 Å². The quantitative estimate of drug-likeness (QED) is 0.586. The molecule has 0 bridgehead atoms. The van der Waals surface area contributed by atoms with Crippen LogP contribution in [0.25, 0.3) is 0 Å². The van der Waals surface area contributed by atoms with Gasteiger partial charge in [-0.25, -0.2) is 0 Å². The smallest absolute Gasteiger partial charge is 0.138 e. The highest BCUT2D eigenvalue weighted by atomic mass is 15.1. The zero-order valence-electron chi connectivity index (χ0n) is 4.73. The first-order chi connectivity index (χ1) is 3.93. The molecule has 1 aromatic heterocycles. The van der Waals surface area contributed by atoms with E-state index in [2.05, 4.69) is 21.7 Å². The first kappa shape index (κ1) is 5.15. The molecule has 0 aromatic carbocycles. The maximum atomic E-state index is 3.63. The van der Waals surface area contributed by atoms with Gasteiger partial charge in [-0.15, -0.1) is 0 Å². The molecule has 0 unspecified atom stereocenters. The van der Waals surface area contributed by atoms with E-state index in [0.717, 1.165) is 12.2 Å². The maximum absolute atomic E-state index is 3.63. The van der Waals surface area contributed by atoms with Gasteiger partial charge in [-0.05, 0) is 6.92 Å². The molecular formula is C5H8N3. The molecule has 43 valence electrons. The van der Waals surface area contributed by atoms with Crippen LogP contribution in [0.3, 0.4) is 0 Å². The maximum Gasteiger partial charge on any atom is 0.138 e. The van der Waals surface area contributed by atoms with Crippen molar-refractivity contribution in [3.63, 3.8) is 0 Å². The minimum absolute atomic E-state index is 0.913. The summed E-state index contributed by atoms with van der Waals surface area (Å²) in [5, 5.41) is 9.31. The third-order valence-electron chi connectivity index (χ3n) is 0.817. The molecule has 0 spiro atoms. The average Bonchev–Trinajstić information content (AvgIpc) is 2.19. The molecule has 1 rings (SSSR count). The fraction of sp³-hybridized carbons (Fsp3) is 0.400. The Morgan fingerprint density at radius 1 is 2.00 bits per heavy atom. The molecular weight excluding hydrogens is 102 g/mol. The summed E-state index contributed by atoms with van der Waals surface area (Å²) < 4.78 is 0. The first-order valence-electron chi connectivity index (χ1n) is 2.59. The Morgan fingerprint density at radius 3 is 3.38 bits per heavy atom. The minimum atomic E-state index is 0.913. The molecule has 3 nitrogen and oxygen atoms in total. The summed E-state index contributed by atoms with van der Waals surface area (Å²) in [6.07, 6.45) is 4.49. The van der Waals surface area contributed by atoms with E-state index in [9.17, 15) is 0 Å². The van der Waals surface area contributed by atoms with Gasteiger partial charge >= 0.3 is 0 Å². The normalized spacial score (nSPS) is 9.12. The van der Waals surface area contributed by atoms with Gasteiger partial charge in [0.05, 0.1) is 5.69 Å². The van der Waals surface area contributed by atoms with Crippen LogP contribution in [0.5, 0.6) is 0 Å². The molecule has 0 atom stereocenters. The van der Waals surface area contributed by atoms with Crippen LogP contribution in [-0.4, -0.2) is 16.7 Å². The van der Waals surface area contributed by atoms with Crippen LogP contribution in [0.2, 0.25) is 0 Å². The van der Waals surface area contributed by atoms with E-state index in [0.29, 0.717) is 0 Å². The summed E-state index contributed by atoms with van der Waals surface area (Å²) in [4.78, 5) is 0. The Morgan fingerprint density at radius 2 is 2.88 bits per heavy atom. The minimum Gasteiger partial charge on any atom is -0.382 e. The van der Waals surface area contributed by atoms with Crippen molar-refractivity contribution in [3.05, 3.63) is 12.4 Å². The monoisotopic (exact) mass is 110 g/mol. The highest BCUT2D eigenvalue weighted by Gasteiger charge is 1.85. The van der Waals surface area contributed by atoms with Crippen LogP contribution in [0.1, 0.15) is 6.92 Å². The number of rotatable bonds is 2. The number of aromatic nitrogens is 2. The van der Waals surface area contributed by atoms with Crippen molar-refractivity contribution < 1.29 is 0 Å². The number of hydrogen-bond donors (Lipinski definition) is 2. The van der Waals surface area contributed by atoms with Gasteiger partial charge < -0.3 is 5.32 Å². The topological polar surface area (TPSA) is 40.7 Å². The molecule has 0 saturated heterocycles. The lowest BCUT2D eigenvalue weighted by Crippen LogP contribution is -1.93. The van der Waals surface area contributed by atoms with E-state index in [1.165, 1.54) is 0 Å². The van der Waals surface area contributed by atoms with E-state index in [1.54, 1.807) is 6.20 Å². The van der Waals surface area contributed by atoms with Gasteiger partial charge in [0.2, 0.25) is 0 Å². The summed E-state index contributed by atoms with van der Waals surface area (Å²) in [5.74, 6) is 0. The van der Waals surface area contributed by atoms with Crippen LogP contribution in [0.15, 0.2) is 6.20 Å². The third-order valence-corrected chi connectivity index (χ3v) is 0.817. The van der Waals surface area contributed by atoms with Crippen LogP contribution in [-0.2, 0) is 0 Å². The average molecular weight is 110 g/mol. The van der Waals surface area contributed by atoms with Crippen LogP contribution in [0.4, 0.5) is 5.69 Å². The number of H-pyrrole nitrogens is 1. The van der Waals surface area contributed by atoms with E-state index < -0.39 is 0 Å². The zero-order chi connectivity index (χ0) is 5.82. The van der Waals surface area contributed by atoms with Gasteiger partial charge in [-0.2, -0.15) is 5.10 Å². The van der Waals surface area contributed by atoms with Crippen LogP contribution < -0.4 is 5.32 Å². The molecule has 8 heavy (non-hydrogen) atoms. The molecule has 1 heterocycles. The molecule has 0 aliphatic heterocycles. The molecule has 2 N–H and O–H groups in total. The zero-order valence-corrected chi connectivity index (χ0v) is 4.73. The summed E-state index contributed by atoms with van der Waals surface area (Å²) in [7, 11) is 0. The molecule has 1 radical (unpaired) electrons. The molecule has 3 heteroatoms. The number of anilines is 1. The highest BCUT2D eigenvalue weighted by molar-refractivity contribution is 5.35. The standard InChI is InChI=1S/C5H8N3/c1-2-6-5-3-7-8-4-5/h3,6H,2H2,1H3,(H,7,8). The van der Waals surface area contributed by atoms with Gasteiger partial charge in [0.25, 0.3) is 0 Å². The van der Waals surface area contributed by atoms with Crippen molar-refractivity contribution in [2.24, 2.45) is 0 Å². The van der Waals surface area contributed by atoms with Crippen molar-refractivity contribution in [2.75, 3.05) is 11.9 Å². The second-order valence-corrected chi connectivity index (χ2v) is 1.44. The number of hydrogen-bond acceptors (Lipinski definition) is 2. The first-order valence-corrected chi connectivity index (χ1v) is 2.59. The predicted octanol–water partition coefficient (Wildman–Crippen LogP) is 0.642. The fourth-order valence-electron chi connectivity index (χ4n) is 0.503. The van der Waals surface area contributed by atoms with Crippen molar-refractivity contribution >= 4 is 5.69 Å². The van der Waals surface area contributed by atoms with E-state index >= 15 is 0 Å². The summed E-state index contributed by atoms with van der Waals surface area (Å²) >= 11 is 0. The third kappa shape index (κ3) is 0.992. The van der Waals surface area contributed by atoms with Crippen LogP contribution >= 0.6 is 0 Å². The lowest BCUT2D eigenvalue weighted by molar-refractivity contribution is 1.08. The van der Waals surface area contributed by atoms with Crippen molar-refractivity contribution in [1.29, 1.82) is 0 Å². The molecule has 0 fully saturated rings. The number of aromatic amines is 1. The van der Waals surface area contributed by atoms with Crippen molar-refractivity contribution in [3.8, 4) is 0 Å². The van der Waals surface area contributed by atoms with Crippen LogP contribution in [0, 0.1) is 6.20 Å². The highest BCUT2D eigenvalue weighted by Crippen LogP contribution is 1.96. The number of nitrogens with zero attached hydrogens (tertiary/aromatic N) is 1.